The van der Waals surface area contributed by atoms with Crippen LogP contribution in [0.25, 0.3) is 0 Å². The molecule has 0 radical (unpaired) electrons. The van der Waals surface area contributed by atoms with Gasteiger partial charge in [0.2, 0.25) is 0 Å². The number of carbonyl (C=O) groups is 1. The first-order valence-corrected chi connectivity index (χ1v) is 6.96. The van der Waals surface area contributed by atoms with Crippen LogP contribution in [0, 0.1) is 23.2 Å². The van der Waals surface area contributed by atoms with Crippen LogP contribution in [0.2, 0.25) is 0 Å². The van der Waals surface area contributed by atoms with Gasteiger partial charge < -0.3 is 9.84 Å². The maximum Gasteiger partial charge on any atom is 0.337 e. The second kappa shape index (κ2) is 3.83. The van der Waals surface area contributed by atoms with Crippen LogP contribution in [-0.4, -0.2) is 23.8 Å². The summed E-state index contributed by atoms with van der Waals surface area (Å²) in [7, 11) is 0. The molecule has 0 amide bonds. The van der Waals surface area contributed by atoms with E-state index in [2.05, 4.69) is 20.8 Å². The number of carbonyl (C=O) groups excluding carboxylic acids is 1. The molecule has 0 spiro atoms. The third-order valence-corrected chi connectivity index (χ3v) is 5.11. The minimum absolute atomic E-state index is 0.230. The van der Waals surface area contributed by atoms with E-state index >= 15 is 0 Å². The Balaban J connectivity index is 1.98. The molecule has 2 aliphatic carbocycles. The van der Waals surface area contributed by atoms with Crippen molar-refractivity contribution in [2.75, 3.05) is 6.61 Å². The highest BCUT2D eigenvalue weighted by atomic mass is 16.5. The van der Waals surface area contributed by atoms with E-state index in [1.54, 1.807) is 0 Å². The van der Waals surface area contributed by atoms with Crippen molar-refractivity contribution in [3.05, 3.63) is 11.1 Å². The maximum absolute atomic E-state index is 11.8. The summed E-state index contributed by atoms with van der Waals surface area (Å²) in [5, 5.41) is 10.6. The number of esters is 1. The molecule has 1 aliphatic heterocycles. The van der Waals surface area contributed by atoms with Crippen molar-refractivity contribution < 1.29 is 14.6 Å². The van der Waals surface area contributed by atoms with Gasteiger partial charge in [-0.2, -0.15) is 0 Å². The van der Waals surface area contributed by atoms with Crippen molar-refractivity contribution >= 4 is 5.97 Å². The second-order valence-electron chi connectivity index (χ2n) is 7.12. The molecule has 1 N–H and O–H groups in total. The zero-order valence-electron chi connectivity index (χ0n) is 11.4. The van der Waals surface area contributed by atoms with Crippen LogP contribution in [0.4, 0.5) is 0 Å². The van der Waals surface area contributed by atoms with Gasteiger partial charge in [-0.15, -0.1) is 0 Å². The zero-order chi connectivity index (χ0) is 13.1. The van der Waals surface area contributed by atoms with Gasteiger partial charge in [0.05, 0.1) is 11.7 Å². The average Bonchev–Trinajstić information content (AvgIpc) is 2.76. The first-order chi connectivity index (χ1) is 8.39. The third-order valence-electron chi connectivity index (χ3n) is 5.11. The fourth-order valence-electron chi connectivity index (χ4n) is 4.34. The quantitative estimate of drug-likeness (QED) is 0.671. The van der Waals surface area contributed by atoms with Crippen LogP contribution in [0.1, 0.15) is 40.0 Å². The molecule has 3 aliphatic rings. The van der Waals surface area contributed by atoms with Gasteiger partial charge in [0.25, 0.3) is 0 Å². The van der Waals surface area contributed by atoms with Gasteiger partial charge >= 0.3 is 5.97 Å². The van der Waals surface area contributed by atoms with Crippen LogP contribution in [0.15, 0.2) is 11.1 Å². The minimum atomic E-state index is -0.605. The van der Waals surface area contributed by atoms with E-state index in [9.17, 15) is 9.90 Å². The Labute approximate surface area is 108 Å². The molecule has 4 unspecified atom stereocenters. The fraction of sp³-hybridized carbons (Fsp3) is 0.800. The molecule has 1 fully saturated rings. The van der Waals surface area contributed by atoms with Crippen LogP contribution in [-0.2, 0) is 9.53 Å². The number of cyclic esters (lactones) is 1. The van der Waals surface area contributed by atoms with Gasteiger partial charge in [0.1, 0.15) is 6.61 Å². The Hall–Kier alpha value is -0.830. The molecule has 0 aromatic rings. The van der Waals surface area contributed by atoms with Crippen molar-refractivity contribution in [2.45, 2.75) is 46.1 Å². The summed E-state index contributed by atoms with van der Waals surface area (Å²) >= 11 is 0. The lowest BCUT2D eigenvalue weighted by molar-refractivity contribution is -0.137. The number of hydrogen-bond acceptors (Lipinski definition) is 3. The smallest absolute Gasteiger partial charge is 0.337 e. The summed E-state index contributed by atoms with van der Waals surface area (Å²) in [5.74, 6) is 1.02. The normalized spacial score (nSPS) is 42.3. The summed E-state index contributed by atoms with van der Waals surface area (Å²) in [4.78, 5) is 11.8. The molecule has 18 heavy (non-hydrogen) atoms. The molecule has 1 saturated carbocycles. The minimum Gasteiger partial charge on any atom is -0.458 e. The maximum atomic E-state index is 11.8. The van der Waals surface area contributed by atoms with E-state index in [4.69, 9.17) is 4.74 Å². The third kappa shape index (κ3) is 1.71. The average molecular weight is 250 g/mol. The summed E-state index contributed by atoms with van der Waals surface area (Å²) < 4.78 is 5.10. The monoisotopic (exact) mass is 250 g/mol. The molecule has 0 saturated heterocycles. The predicted octanol–water partition coefficient (Wildman–Crippen LogP) is 2.29. The number of ether oxygens (including phenoxy) is 1. The molecule has 0 bridgehead atoms. The lowest BCUT2D eigenvalue weighted by Gasteiger charge is -2.26. The topological polar surface area (TPSA) is 46.5 Å². The van der Waals surface area contributed by atoms with Crippen LogP contribution in [0.3, 0.4) is 0 Å². The van der Waals surface area contributed by atoms with Crippen LogP contribution < -0.4 is 0 Å². The lowest BCUT2D eigenvalue weighted by atomic mass is 9.81. The molecular weight excluding hydrogens is 228 g/mol. The molecule has 0 aromatic carbocycles. The summed E-state index contributed by atoms with van der Waals surface area (Å²) in [6, 6.07) is 0. The fourth-order valence-corrected chi connectivity index (χ4v) is 4.34. The molecule has 3 heteroatoms. The van der Waals surface area contributed by atoms with Gasteiger partial charge in [0.15, 0.2) is 0 Å². The largest absolute Gasteiger partial charge is 0.458 e. The van der Waals surface area contributed by atoms with Crippen molar-refractivity contribution in [3.63, 3.8) is 0 Å². The molecule has 0 aromatic heterocycles. The summed E-state index contributed by atoms with van der Waals surface area (Å²) in [6.45, 7) is 7.19. The highest BCUT2D eigenvalue weighted by molar-refractivity contribution is 5.93. The van der Waals surface area contributed by atoms with E-state index in [-0.39, 0.29) is 17.3 Å². The zero-order valence-corrected chi connectivity index (χ0v) is 11.4. The van der Waals surface area contributed by atoms with Gasteiger partial charge in [-0.05, 0) is 48.0 Å². The molecule has 1 heterocycles. The van der Waals surface area contributed by atoms with E-state index in [1.165, 1.54) is 0 Å². The molecule has 3 rings (SSSR count). The summed E-state index contributed by atoms with van der Waals surface area (Å²) in [5.41, 5.74) is 1.92. The van der Waals surface area contributed by atoms with E-state index in [0.29, 0.717) is 24.0 Å². The lowest BCUT2D eigenvalue weighted by Crippen LogP contribution is -2.29. The van der Waals surface area contributed by atoms with Gasteiger partial charge in [-0.3, -0.25) is 0 Å². The van der Waals surface area contributed by atoms with Gasteiger partial charge in [-0.25, -0.2) is 4.79 Å². The Morgan fingerprint density at radius 2 is 1.94 bits per heavy atom. The number of hydrogen-bond donors (Lipinski definition) is 1. The number of aliphatic hydroxyl groups excluding tert-OH is 1. The second-order valence-corrected chi connectivity index (χ2v) is 7.12. The van der Waals surface area contributed by atoms with Crippen LogP contribution >= 0.6 is 0 Å². The van der Waals surface area contributed by atoms with Crippen molar-refractivity contribution in [1.82, 2.24) is 0 Å². The highest BCUT2D eigenvalue weighted by Gasteiger charge is 2.50. The van der Waals surface area contributed by atoms with Crippen molar-refractivity contribution in [2.24, 2.45) is 23.2 Å². The highest BCUT2D eigenvalue weighted by Crippen LogP contribution is 2.53. The first-order valence-electron chi connectivity index (χ1n) is 6.96. The number of fused-ring (bicyclic) bond motifs is 1. The first kappa shape index (κ1) is 12.2. The van der Waals surface area contributed by atoms with E-state index < -0.39 is 6.10 Å². The van der Waals surface area contributed by atoms with Gasteiger partial charge in [0, 0.05) is 0 Å². The molecule has 4 atom stereocenters. The summed E-state index contributed by atoms with van der Waals surface area (Å²) in [6.07, 6.45) is 2.47. The Morgan fingerprint density at radius 3 is 2.67 bits per heavy atom. The van der Waals surface area contributed by atoms with E-state index in [1.807, 2.05) is 0 Å². The number of rotatable bonds is 0. The molecule has 3 nitrogen and oxygen atoms in total. The number of aliphatic hydroxyl groups is 1. The van der Waals surface area contributed by atoms with E-state index in [0.717, 1.165) is 24.8 Å². The predicted molar refractivity (Wildman–Crippen MR) is 67.8 cm³/mol. The molecule has 100 valence electrons. The van der Waals surface area contributed by atoms with Crippen molar-refractivity contribution in [3.8, 4) is 0 Å². The Bertz CT molecular complexity index is 421. The standard InChI is InChI=1S/C15H22O3/c1-8-4-9-7-18-14(17)12(9)13(16)11-6-15(2,3)5-10(8)11/h8,10-11,13,16H,4-7H2,1-3H3. The Kier molecular flexibility index (Phi) is 2.60. The molecular formula is C15H22O3. The van der Waals surface area contributed by atoms with Crippen molar-refractivity contribution in [1.29, 1.82) is 0 Å². The Morgan fingerprint density at radius 1 is 1.28 bits per heavy atom. The van der Waals surface area contributed by atoms with Crippen LogP contribution in [0.5, 0.6) is 0 Å². The SMILES string of the molecule is CC1CC2=C(C(=O)OC2)C(O)C2CC(C)(C)CC12. The van der Waals surface area contributed by atoms with Gasteiger partial charge in [-0.1, -0.05) is 20.8 Å².